The van der Waals surface area contributed by atoms with Crippen LogP contribution in [0.15, 0.2) is 0 Å². The Balaban J connectivity index is 2.79. The first-order valence-corrected chi connectivity index (χ1v) is 9.78. The molecule has 0 unspecified atom stereocenters. The van der Waals surface area contributed by atoms with Gasteiger partial charge in [0.25, 0.3) is 0 Å². The smallest absolute Gasteiger partial charge is 0.303 e. The summed E-state index contributed by atoms with van der Waals surface area (Å²) in [7, 11) is 3.88. The molecule has 0 radical (unpaired) electrons. The Morgan fingerprint density at radius 1 is 1.07 bits per heavy atom. The summed E-state index contributed by atoms with van der Waals surface area (Å²) in [5, 5.41) is 25.2. The summed E-state index contributed by atoms with van der Waals surface area (Å²) in [5.74, 6) is -1.07. The molecule has 164 valence electrons. The van der Waals surface area contributed by atoms with Crippen LogP contribution in [-0.4, -0.2) is 99.7 Å². The molecule has 0 saturated carbocycles. The molecule has 2 atom stereocenters. The predicted molar refractivity (Wildman–Crippen MR) is 109 cm³/mol. The van der Waals surface area contributed by atoms with E-state index in [2.05, 4.69) is 26.6 Å². The fraction of sp³-hybridized carbons (Fsp3) is 0.882. The highest BCUT2D eigenvalue weighted by atomic mass is 16.4. The Bertz CT molecular complexity index is 493. The van der Waals surface area contributed by atoms with Gasteiger partial charge >= 0.3 is 5.97 Å². The lowest BCUT2D eigenvalue weighted by Crippen LogP contribution is -2.71. The summed E-state index contributed by atoms with van der Waals surface area (Å²) >= 11 is 0. The van der Waals surface area contributed by atoms with E-state index in [1.54, 1.807) is 0 Å². The van der Waals surface area contributed by atoms with E-state index < -0.39 is 17.3 Å². The number of likely N-dealkylation sites (N-methyl/N-ethyl adjacent to an activating group) is 1. The van der Waals surface area contributed by atoms with Crippen LogP contribution in [0.3, 0.4) is 0 Å². The molecule has 1 rings (SSSR count). The van der Waals surface area contributed by atoms with Gasteiger partial charge in [0.2, 0.25) is 5.91 Å². The summed E-state index contributed by atoms with van der Waals surface area (Å²) in [6, 6.07) is 0. The predicted octanol–water partition coefficient (Wildman–Crippen LogP) is -3.40. The van der Waals surface area contributed by atoms with Crippen molar-refractivity contribution in [2.45, 2.75) is 30.6 Å². The highest BCUT2D eigenvalue weighted by molar-refractivity contribution is 5.77. The Kier molecular flexibility index (Phi) is 10.8. The molecule has 28 heavy (non-hydrogen) atoms. The molecule has 0 aromatic rings. The number of rotatable bonds is 8. The van der Waals surface area contributed by atoms with Gasteiger partial charge < -0.3 is 37.4 Å². The van der Waals surface area contributed by atoms with Crippen molar-refractivity contribution in [1.82, 2.24) is 31.5 Å². The third-order valence-electron chi connectivity index (χ3n) is 4.53. The van der Waals surface area contributed by atoms with Gasteiger partial charge in [0.15, 0.2) is 0 Å². The summed E-state index contributed by atoms with van der Waals surface area (Å²) in [4.78, 5) is 25.1. The van der Waals surface area contributed by atoms with Crippen LogP contribution in [0.2, 0.25) is 0 Å². The van der Waals surface area contributed by atoms with Crippen molar-refractivity contribution in [3.05, 3.63) is 0 Å². The molecule has 1 aliphatic rings. The normalized spacial score (nSPS) is 27.6. The monoisotopic (exact) mass is 402 g/mol. The van der Waals surface area contributed by atoms with Crippen LogP contribution in [0.1, 0.15) is 19.3 Å². The van der Waals surface area contributed by atoms with Crippen molar-refractivity contribution in [3.8, 4) is 0 Å². The van der Waals surface area contributed by atoms with E-state index in [1.165, 1.54) is 0 Å². The number of aliphatic carboxylic acids is 1. The maximum Gasteiger partial charge on any atom is 0.303 e. The first kappa shape index (κ1) is 24.7. The molecule has 11 heteroatoms. The fourth-order valence-corrected chi connectivity index (χ4v) is 3.18. The van der Waals surface area contributed by atoms with Crippen molar-refractivity contribution in [1.29, 1.82) is 0 Å². The first-order chi connectivity index (χ1) is 13.2. The van der Waals surface area contributed by atoms with Gasteiger partial charge in [-0.3, -0.25) is 20.2 Å². The number of amides is 1. The minimum Gasteiger partial charge on any atom is -0.481 e. The van der Waals surface area contributed by atoms with Gasteiger partial charge in [-0.15, -0.1) is 0 Å². The van der Waals surface area contributed by atoms with Crippen molar-refractivity contribution in [3.63, 3.8) is 0 Å². The SMILES string of the molecule is CN(C)C[C@@]1(NC(=O)CCCC(=O)O)CNCCNC[C@@](N)(CN)NCCN1. The number of carbonyl (C=O) groups excluding carboxylic acids is 1. The standard InChI is InChI=1S/C17H38N8O3/c1-25(2)13-17(24-14(26)4-3-5-15(27)28)12-21-7-6-20-11-16(19,10-18)22-8-9-23-17/h20-23H,3-13,18-19H2,1-2H3,(H,24,26)(H,27,28)/t16-,17+/m1/s1. The number of hydrogen-bond acceptors (Lipinski definition) is 9. The summed E-state index contributed by atoms with van der Waals surface area (Å²) in [5.41, 5.74) is 10.7. The second kappa shape index (κ2) is 12.3. The van der Waals surface area contributed by atoms with E-state index >= 15 is 0 Å². The molecule has 1 saturated heterocycles. The van der Waals surface area contributed by atoms with Gasteiger partial charge in [-0.25, -0.2) is 0 Å². The van der Waals surface area contributed by atoms with Crippen LogP contribution in [0.4, 0.5) is 0 Å². The number of carboxylic acid groups (broad SMARTS) is 1. The first-order valence-electron chi connectivity index (χ1n) is 9.78. The molecule has 11 nitrogen and oxygen atoms in total. The lowest BCUT2D eigenvalue weighted by molar-refractivity contribution is -0.137. The third-order valence-corrected chi connectivity index (χ3v) is 4.53. The Morgan fingerprint density at radius 2 is 1.71 bits per heavy atom. The highest BCUT2D eigenvalue weighted by Gasteiger charge is 2.32. The maximum atomic E-state index is 12.4. The minimum absolute atomic E-state index is 0.0208. The topological polar surface area (TPSA) is 170 Å². The second-order valence-corrected chi connectivity index (χ2v) is 7.68. The fourth-order valence-electron chi connectivity index (χ4n) is 3.18. The third kappa shape index (κ3) is 9.73. The number of hydrogen-bond donors (Lipinski definition) is 8. The van der Waals surface area contributed by atoms with E-state index in [-0.39, 0.29) is 18.7 Å². The Hall–Kier alpha value is -1.34. The number of nitrogens with zero attached hydrogens (tertiary/aromatic N) is 1. The van der Waals surface area contributed by atoms with E-state index in [1.807, 2.05) is 19.0 Å². The molecule has 1 aliphatic heterocycles. The van der Waals surface area contributed by atoms with E-state index in [4.69, 9.17) is 16.6 Å². The maximum absolute atomic E-state index is 12.4. The lowest BCUT2D eigenvalue weighted by atomic mass is 10.1. The van der Waals surface area contributed by atoms with Gasteiger partial charge in [0, 0.05) is 65.2 Å². The Labute approximate surface area is 167 Å². The molecule has 0 aliphatic carbocycles. The average molecular weight is 403 g/mol. The van der Waals surface area contributed by atoms with Crippen LogP contribution in [0, 0.1) is 0 Å². The van der Waals surface area contributed by atoms with Gasteiger partial charge in [0.05, 0.1) is 5.66 Å². The number of carbonyl (C=O) groups is 2. The molecule has 1 amide bonds. The van der Waals surface area contributed by atoms with E-state index in [0.29, 0.717) is 58.8 Å². The number of carboxylic acids is 1. The van der Waals surface area contributed by atoms with Crippen LogP contribution in [-0.2, 0) is 9.59 Å². The van der Waals surface area contributed by atoms with Crippen LogP contribution in [0.25, 0.3) is 0 Å². The second-order valence-electron chi connectivity index (χ2n) is 7.68. The lowest BCUT2D eigenvalue weighted by Gasteiger charge is -2.39. The molecule has 1 heterocycles. The summed E-state index contributed by atoms with van der Waals surface area (Å²) in [6.07, 6.45) is 0.458. The van der Waals surface area contributed by atoms with Crippen molar-refractivity contribution >= 4 is 11.9 Å². The molecule has 0 spiro atoms. The molecule has 0 aromatic carbocycles. The van der Waals surface area contributed by atoms with Crippen molar-refractivity contribution < 1.29 is 14.7 Å². The Morgan fingerprint density at radius 3 is 2.32 bits per heavy atom. The zero-order valence-electron chi connectivity index (χ0n) is 17.1. The molecular weight excluding hydrogens is 364 g/mol. The largest absolute Gasteiger partial charge is 0.481 e. The number of nitrogens with two attached hydrogens (primary N) is 2. The molecular formula is C17H38N8O3. The number of nitrogens with one attached hydrogen (secondary N) is 5. The van der Waals surface area contributed by atoms with Crippen LogP contribution in [0.5, 0.6) is 0 Å². The van der Waals surface area contributed by atoms with Crippen LogP contribution >= 0.6 is 0 Å². The summed E-state index contributed by atoms with van der Waals surface area (Å²) in [6.45, 7) is 4.54. The molecule has 0 aromatic heterocycles. The quantitative estimate of drug-likeness (QED) is 0.205. The molecule has 1 fully saturated rings. The summed E-state index contributed by atoms with van der Waals surface area (Å²) < 4.78 is 0. The highest BCUT2D eigenvalue weighted by Crippen LogP contribution is 2.05. The van der Waals surface area contributed by atoms with Crippen molar-refractivity contribution in [2.24, 2.45) is 11.5 Å². The average Bonchev–Trinajstić information content (AvgIpc) is 2.60. The van der Waals surface area contributed by atoms with Gasteiger partial charge in [-0.05, 0) is 20.5 Å². The van der Waals surface area contributed by atoms with Gasteiger partial charge in [-0.2, -0.15) is 0 Å². The van der Waals surface area contributed by atoms with E-state index in [0.717, 1.165) is 0 Å². The van der Waals surface area contributed by atoms with Gasteiger partial charge in [0.1, 0.15) is 5.66 Å². The molecule has 10 N–H and O–H groups in total. The minimum atomic E-state index is -0.898. The zero-order chi connectivity index (χ0) is 21.0. The van der Waals surface area contributed by atoms with Crippen molar-refractivity contribution in [2.75, 3.05) is 66.5 Å². The van der Waals surface area contributed by atoms with E-state index in [9.17, 15) is 9.59 Å². The van der Waals surface area contributed by atoms with Gasteiger partial charge in [-0.1, -0.05) is 0 Å². The zero-order valence-corrected chi connectivity index (χ0v) is 17.1. The van der Waals surface area contributed by atoms with Crippen LogP contribution < -0.4 is 38.1 Å². The molecule has 0 bridgehead atoms.